The van der Waals surface area contributed by atoms with Crippen molar-refractivity contribution in [3.63, 3.8) is 0 Å². The minimum atomic E-state index is -0.240. The molecule has 0 aliphatic carbocycles. The highest BCUT2D eigenvalue weighted by molar-refractivity contribution is 14.0. The Morgan fingerprint density at radius 2 is 2.07 bits per heavy atom. The third-order valence-corrected chi connectivity index (χ3v) is 3.86. The van der Waals surface area contributed by atoms with Crippen LogP contribution in [-0.2, 0) is 11.2 Å². The first kappa shape index (κ1) is 23.2. The Balaban J connectivity index is 0.00000364. The van der Waals surface area contributed by atoms with Gasteiger partial charge in [0.1, 0.15) is 5.65 Å². The van der Waals surface area contributed by atoms with Gasteiger partial charge in [0.15, 0.2) is 5.96 Å². The van der Waals surface area contributed by atoms with Gasteiger partial charge in [-0.05, 0) is 39.3 Å². The quantitative estimate of drug-likeness (QED) is 0.386. The summed E-state index contributed by atoms with van der Waals surface area (Å²) in [5, 5.41) is 6.25. The van der Waals surface area contributed by atoms with Crippen molar-refractivity contribution in [3.8, 4) is 0 Å². The second kappa shape index (κ2) is 9.91. The number of aliphatic imine (C=N–C) groups is 1. The van der Waals surface area contributed by atoms with Crippen molar-refractivity contribution in [2.24, 2.45) is 4.99 Å². The Morgan fingerprint density at radius 1 is 1.37 bits per heavy atom. The van der Waals surface area contributed by atoms with Crippen LogP contribution in [0.1, 0.15) is 32.0 Å². The number of carbonyl (C=O) groups is 1. The van der Waals surface area contributed by atoms with E-state index in [0.717, 1.165) is 23.3 Å². The molecule has 0 aliphatic heterocycles. The van der Waals surface area contributed by atoms with Crippen LogP contribution >= 0.6 is 24.0 Å². The van der Waals surface area contributed by atoms with Crippen LogP contribution in [0.5, 0.6) is 0 Å². The number of hydrogen-bond donors (Lipinski definition) is 2. The number of pyridine rings is 1. The topological polar surface area (TPSA) is 74.0 Å². The first-order chi connectivity index (χ1) is 12.2. The lowest BCUT2D eigenvalue weighted by atomic mass is 10.1. The van der Waals surface area contributed by atoms with E-state index in [1.165, 1.54) is 0 Å². The molecule has 0 saturated heterocycles. The zero-order valence-electron chi connectivity index (χ0n) is 17.0. The molecule has 0 aromatic carbocycles. The Labute approximate surface area is 178 Å². The van der Waals surface area contributed by atoms with Gasteiger partial charge in [0, 0.05) is 45.0 Å². The van der Waals surface area contributed by atoms with Crippen LogP contribution in [0.3, 0.4) is 0 Å². The van der Waals surface area contributed by atoms with Gasteiger partial charge >= 0.3 is 0 Å². The number of halogens is 1. The smallest absolute Gasteiger partial charge is 0.240 e. The molecule has 150 valence electrons. The zero-order valence-corrected chi connectivity index (χ0v) is 19.4. The predicted molar refractivity (Wildman–Crippen MR) is 121 cm³/mol. The Bertz CT molecular complexity index is 793. The minimum absolute atomic E-state index is 0. The van der Waals surface area contributed by atoms with E-state index >= 15 is 0 Å². The Hall–Kier alpha value is -1.84. The van der Waals surface area contributed by atoms with Crippen LogP contribution < -0.4 is 10.6 Å². The van der Waals surface area contributed by atoms with E-state index in [9.17, 15) is 4.79 Å². The van der Waals surface area contributed by atoms with Gasteiger partial charge in [0.25, 0.3) is 0 Å². The average molecular weight is 486 g/mol. The molecule has 2 aromatic heterocycles. The van der Waals surface area contributed by atoms with Crippen molar-refractivity contribution in [1.82, 2.24) is 24.9 Å². The van der Waals surface area contributed by atoms with Crippen LogP contribution in [0.4, 0.5) is 0 Å². The predicted octanol–water partition coefficient (Wildman–Crippen LogP) is 2.23. The van der Waals surface area contributed by atoms with Gasteiger partial charge in [-0.3, -0.25) is 9.79 Å². The molecule has 2 aromatic rings. The fraction of sp³-hybridized carbons (Fsp3) is 0.526. The summed E-state index contributed by atoms with van der Waals surface area (Å²) in [5.41, 5.74) is 2.93. The number of carbonyl (C=O) groups excluding carboxylic acids is 1. The summed E-state index contributed by atoms with van der Waals surface area (Å²) in [6.07, 6.45) is 4.84. The third-order valence-electron chi connectivity index (χ3n) is 3.86. The number of aromatic nitrogens is 2. The molecule has 1 amide bonds. The van der Waals surface area contributed by atoms with E-state index < -0.39 is 0 Å². The van der Waals surface area contributed by atoms with Crippen LogP contribution in [0, 0.1) is 6.92 Å². The molecule has 2 N–H and O–H groups in total. The molecule has 8 heteroatoms. The van der Waals surface area contributed by atoms with E-state index in [0.29, 0.717) is 12.5 Å². The number of imidazole rings is 1. The standard InChI is InChI=1S/C19H30N6O.HI/c1-14-8-7-11-25-12-15(22-17(14)25)9-10-21-18(20-5)24(6)13-16(26)23-19(2,3)4;/h7-8,11-12H,9-10,13H2,1-6H3,(H,20,21)(H,23,26);1H. The number of nitrogens with zero attached hydrogens (tertiary/aromatic N) is 4. The largest absolute Gasteiger partial charge is 0.356 e. The molecule has 0 bridgehead atoms. The Morgan fingerprint density at radius 3 is 2.67 bits per heavy atom. The van der Waals surface area contributed by atoms with Gasteiger partial charge in [-0.1, -0.05) is 6.07 Å². The van der Waals surface area contributed by atoms with Gasteiger partial charge in [-0.2, -0.15) is 0 Å². The number of amides is 1. The summed E-state index contributed by atoms with van der Waals surface area (Å²) in [6, 6.07) is 4.08. The van der Waals surface area contributed by atoms with Crippen LogP contribution in [-0.4, -0.2) is 58.9 Å². The number of guanidine groups is 1. The van der Waals surface area contributed by atoms with Crippen LogP contribution in [0.2, 0.25) is 0 Å². The molecule has 0 saturated carbocycles. The fourth-order valence-electron chi connectivity index (χ4n) is 2.76. The highest BCUT2D eigenvalue weighted by atomic mass is 127. The number of likely N-dealkylation sites (N-methyl/N-ethyl adjacent to an activating group) is 1. The fourth-order valence-corrected chi connectivity index (χ4v) is 2.76. The van der Waals surface area contributed by atoms with Crippen LogP contribution in [0.25, 0.3) is 5.65 Å². The van der Waals surface area contributed by atoms with Gasteiger partial charge in [0.2, 0.25) is 5.91 Å². The van der Waals surface area contributed by atoms with E-state index in [1.807, 2.05) is 55.6 Å². The van der Waals surface area contributed by atoms with E-state index in [1.54, 1.807) is 7.05 Å². The summed E-state index contributed by atoms with van der Waals surface area (Å²) < 4.78 is 2.04. The third kappa shape index (κ3) is 7.00. The molecule has 27 heavy (non-hydrogen) atoms. The first-order valence-corrected chi connectivity index (χ1v) is 8.85. The normalized spacial score (nSPS) is 11.9. The summed E-state index contributed by atoms with van der Waals surface area (Å²) >= 11 is 0. The van der Waals surface area contributed by atoms with Crippen molar-refractivity contribution in [2.45, 2.75) is 39.7 Å². The molecule has 0 atom stereocenters. The van der Waals surface area contributed by atoms with Crippen molar-refractivity contribution in [2.75, 3.05) is 27.2 Å². The maximum Gasteiger partial charge on any atom is 0.240 e. The van der Waals surface area contributed by atoms with Gasteiger partial charge in [-0.15, -0.1) is 24.0 Å². The second-order valence-electron chi connectivity index (χ2n) is 7.53. The second-order valence-corrected chi connectivity index (χ2v) is 7.53. The van der Waals surface area contributed by atoms with E-state index in [2.05, 4.69) is 33.6 Å². The highest BCUT2D eigenvalue weighted by Crippen LogP contribution is 2.10. The molecular weight excluding hydrogens is 455 g/mol. The van der Waals surface area contributed by atoms with Gasteiger partial charge in [0.05, 0.1) is 12.2 Å². The molecule has 7 nitrogen and oxygen atoms in total. The monoisotopic (exact) mass is 486 g/mol. The molecule has 2 rings (SSSR count). The first-order valence-electron chi connectivity index (χ1n) is 8.85. The van der Waals surface area contributed by atoms with E-state index in [4.69, 9.17) is 0 Å². The number of aryl methyl sites for hydroxylation is 1. The maximum atomic E-state index is 12.1. The molecule has 0 unspecified atom stereocenters. The number of nitrogens with one attached hydrogen (secondary N) is 2. The lowest BCUT2D eigenvalue weighted by Crippen LogP contribution is -2.49. The number of rotatable bonds is 5. The Kier molecular flexibility index (Phi) is 8.52. The summed E-state index contributed by atoms with van der Waals surface area (Å²) in [4.78, 5) is 22.8. The molecule has 2 heterocycles. The molecule has 0 radical (unpaired) electrons. The summed E-state index contributed by atoms with van der Waals surface area (Å²) in [7, 11) is 3.57. The maximum absolute atomic E-state index is 12.1. The lowest BCUT2D eigenvalue weighted by Gasteiger charge is -2.25. The molecule has 0 spiro atoms. The van der Waals surface area contributed by atoms with Gasteiger partial charge in [-0.25, -0.2) is 4.98 Å². The zero-order chi connectivity index (χ0) is 19.3. The SMILES string of the molecule is CN=C(NCCc1cn2cccc(C)c2n1)N(C)CC(=O)NC(C)(C)C.I. The van der Waals surface area contributed by atoms with Crippen molar-refractivity contribution in [3.05, 3.63) is 35.8 Å². The summed E-state index contributed by atoms with van der Waals surface area (Å²) in [5.74, 6) is 0.660. The molecule has 0 fully saturated rings. The minimum Gasteiger partial charge on any atom is -0.356 e. The molecular formula is C19H31IN6O. The number of fused-ring (bicyclic) bond motifs is 1. The average Bonchev–Trinajstić information content (AvgIpc) is 2.94. The molecule has 0 aliphatic rings. The van der Waals surface area contributed by atoms with Crippen molar-refractivity contribution < 1.29 is 4.79 Å². The van der Waals surface area contributed by atoms with E-state index in [-0.39, 0.29) is 42.0 Å². The highest BCUT2D eigenvalue weighted by Gasteiger charge is 2.16. The number of hydrogen-bond acceptors (Lipinski definition) is 3. The van der Waals surface area contributed by atoms with Crippen molar-refractivity contribution >= 4 is 41.5 Å². The summed E-state index contributed by atoms with van der Waals surface area (Å²) in [6.45, 7) is 8.91. The van der Waals surface area contributed by atoms with Crippen molar-refractivity contribution in [1.29, 1.82) is 0 Å². The van der Waals surface area contributed by atoms with Crippen LogP contribution in [0.15, 0.2) is 29.5 Å². The van der Waals surface area contributed by atoms with Gasteiger partial charge < -0.3 is 19.9 Å². The lowest BCUT2D eigenvalue weighted by molar-refractivity contribution is -0.122.